The topological polar surface area (TPSA) is 29.1 Å². The fraction of sp³-hybridized carbons (Fsp3) is 0.300. The summed E-state index contributed by atoms with van der Waals surface area (Å²) in [5.41, 5.74) is 1.63. The van der Waals surface area contributed by atoms with Crippen LogP contribution in [0.1, 0.15) is 22.8 Å². The predicted molar refractivity (Wildman–Crippen MR) is 59.8 cm³/mol. The summed E-state index contributed by atoms with van der Waals surface area (Å²) in [6.45, 7) is 1.97. The Morgan fingerprint density at radius 3 is 3.00 bits per heavy atom. The molecule has 0 radical (unpaired) electrons. The highest BCUT2D eigenvalue weighted by atomic mass is 79.9. The van der Waals surface area contributed by atoms with Gasteiger partial charge in [0.15, 0.2) is 0 Å². The number of benzene rings is 1. The first kappa shape index (κ1) is 9.99. The van der Waals surface area contributed by atoms with Crippen molar-refractivity contribution in [2.45, 2.75) is 19.4 Å². The molecule has 4 heteroatoms. The van der Waals surface area contributed by atoms with Gasteiger partial charge in [0.1, 0.15) is 0 Å². The summed E-state index contributed by atoms with van der Waals surface area (Å²) in [7, 11) is 0. The van der Waals surface area contributed by atoms with Gasteiger partial charge in [0, 0.05) is 21.1 Å². The molecule has 1 amide bonds. The number of carbonyl (C=O) groups excluding carboxylic acids is 1. The monoisotopic (exact) mass is 273 g/mol. The molecule has 0 aromatic heterocycles. The van der Waals surface area contributed by atoms with Crippen LogP contribution in [-0.2, 0) is 6.42 Å². The number of amides is 1. The number of rotatable bonds is 0. The van der Waals surface area contributed by atoms with Gasteiger partial charge in [-0.15, -0.1) is 0 Å². The van der Waals surface area contributed by atoms with Crippen LogP contribution >= 0.6 is 27.5 Å². The van der Waals surface area contributed by atoms with Crippen LogP contribution in [-0.4, -0.2) is 11.9 Å². The second-order valence-electron chi connectivity index (χ2n) is 3.49. The average Bonchev–Trinajstić information content (AvgIpc) is 2.07. The highest BCUT2D eigenvalue weighted by Gasteiger charge is 2.23. The Kier molecular flexibility index (Phi) is 2.54. The largest absolute Gasteiger partial charge is 0.349 e. The Balaban J connectivity index is 2.59. The maximum absolute atomic E-state index is 11.6. The van der Waals surface area contributed by atoms with Crippen LogP contribution in [0.5, 0.6) is 0 Å². The molecule has 0 spiro atoms. The molecule has 0 saturated carbocycles. The highest BCUT2D eigenvalue weighted by Crippen LogP contribution is 2.28. The van der Waals surface area contributed by atoms with E-state index in [4.69, 9.17) is 11.6 Å². The lowest BCUT2D eigenvalue weighted by Crippen LogP contribution is -2.39. The SMILES string of the molecule is CC1Cc2c(Cl)cc(Br)cc2C(=O)N1. The van der Waals surface area contributed by atoms with Gasteiger partial charge < -0.3 is 5.32 Å². The lowest BCUT2D eigenvalue weighted by Gasteiger charge is -2.23. The van der Waals surface area contributed by atoms with Crippen molar-refractivity contribution >= 4 is 33.4 Å². The smallest absolute Gasteiger partial charge is 0.251 e. The number of hydrogen-bond donors (Lipinski definition) is 1. The zero-order chi connectivity index (χ0) is 10.3. The van der Waals surface area contributed by atoms with E-state index in [0.717, 1.165) is 16.5 Å². The summed E-state index contributed by atoms with van der Waals surface area (Å²) in [5.74, 6) is -0.0399. The van der Waals surface area contributed by atoms with Crippen molar-refractivity contribution in [3.8, 4) is 0 Å². The molecule has 0 aliphatic carbocycles. The number of fused-ring (bicyclic) bond motifs is 1. The van der Waals surface area contributed by atoms with Crippen molar-refractivity contribution in [3.63, 3.8) is 0 Å². The molecule has 1 unspecified atom stereocenters. The van der Waals surface area contributed by atoms with E-state index in [2.05, 4.69) is 21.2 Å². The van der Waals surface area contributed by atoms with Gasteiger partial charge in [-0.05, 0) is 31.0 Å². The Labute approximate surface area is 95.8 Å². The van der Waals surface area contributed by atoms with E-state index >= 15 is 0 Å². The first-order chi connectivity index (χ1) is 6.58. The highest BCUT2D eigenvalue weighted by molar-refractivity contribution is 9.10. The van der Waals surface area contributed by atoms with Crippen LogP contribution in [0.2, 0.25) is 5.02 Å². The van der Waals surface area contributed by atoms with Gasteiger partial charge in [-0.25, -0.2) is 0 Å². The molecule has 2 nitrogen and oxygen atoms in total. The number of halogens is 2. The van der Waals surface area contributed by atoms with E-state index in [1.165, 1.54) is 0 Å². The van der Waals surface area contributed by atoms with E-state index < -0.39 is 0 Å². The Morgan fingerprint density at radius 1 is 1.57 bits per heavy atom. The van der Waals surface area contributed by atoms with Crippen LogP contribution in [0.15, 0.2) is 16.6 Å². The minimum Gasteiger partial charge on any atom is -0.349 e. The molecular weight excluding hydrogens is 265 g/mol. The molecule has 1 heterocycles. The number of hydrogen-bond acceptors (Lipinski definition) is 1. The zero-order valence-electron chi connectivity index (χ0n) is 7.60. The van der Waals surface area contributed by atoms with Gasteiger partial charge >= 0.3 is 0 Å². The molecule has 0 bridgehead atoms. The van der Waals surface area contributed by atoms with Crippen LogP contribution < -0.4 is 5.32 Å². The zero-order valence-corrected chi connectivity index (χ0v) is 9.95. The average molecular weight is 275 g/mol. The molecule has 14 heavy (non-hydrogen) atoms. The Bertz CT molecular complexity index is 405. The molecule has 1 N–H and O–H groups in total. The van der Waals surface area contributed by atoms with Crippen molar-refractivity contribution in [1.29, 1.82) is 0 Å². The minimum atomic E-state index is -0.0399. The predicted octanol–water partition coefficient (Wildman–Crippen LogP) is 2.78. The maximum atomic E-state index is 11.6. The Hall–Kier alpha value is -0.540. The molecule has 74 valence electrons. The standard InChI is InChI=1S/C10H9BrClNO/c1-5-2-7-8(10(14)13-5)3-6(11)4-9(7)12/h3-5H,2H2,1H3,(H,13,14). The van der Waals surface area contributed by atoms with Gasteiger partial charge in [-0.2, -0.15) is 0 Å². The van der Waals surface area contributed by atoms with Crippen LogP contribution in [0.3, 0.4) is 0 Å². The molecule has 0 saturated heterocycles. The van der Waals surface area contributed by atoms with Crippen molar-refractivity contribution in [2.75, 3.05) is 0 Å². The first-order valence-electron chi connectivity index (χ1n) is 4.36. The third-order valence-corrected chi connectivity index (χ3v) is 3.09. The Morgan fingerprint density at radius 2 is 2.29 bits per heavy atom. The summed E-state index contributed by atoms with van der Waals surface area (Å²) in [6.07, 6.45) is 0.799. The van der Waals surface area contributed by atoms with Crippen LogP contribution in [0, 0.1) is 0 Å². The lowest BCUT2D eigenvalue weighted by atomic mass is 9.96. The summed E-state index contributed by atoms with van der Waals surface area (Å²) in [5, 5.41) is 3.53. The van der Waals surface area contributed by atoms with Crippen molar-refractivity contribution < 1.29 is 4.79 Å². The summed E-state index contributed by atoms with van der Waals surface area (Å²) >= 11 is 9.39. The molecule has 0 fully saturated rings. The molecule has 1 aliphatic rings. The third-order valence-electron chi connectivity index (χ3n) is 2.29. The van der Waals surface area contributed by atoms with Crippen LogP contribution in [0.4, 0.5) is 0 Å². The van der Waals surface area contributed by atoms with Gasteiger partial charge in [0.25, 0.3) is 5.91 Å². The van der Waals surface area contributed by atoms with Gasteiger partial charge in [0.2, 0.25) is 0 Å². The van der Waals surface area contributed by atoms with E-state index in [0.29, 0.717) is 10.6 Å². The fourth-order valence-electron chi connectivity index (χ4n) is 1.67. The van der Waals surface area contributed by atoms with Crippen LogP contribution in [0.25, 0.3) is 0 Å². The van der Waals surface area contributed by atoms with E-state index in [-0.39, 0.29) is 11.9 Å². The molecular formula is C10H9BrClNO. The molecule has 1 aromatic carbocycles. The van der Waals surface area contributed by atoms with Crippen molar-refractivity contribution in [2.24, 2.45) is 0 Å². The minimum absolute atomic E-state index is 0.0399. The second-order valence-corrected chi connectivity index (χ2v) is 4.82. The number of nitrogens with one attached hydrogen (secondary N) is 1. The summed E-state index contributed by atoms with van der Waals surface area (Å²) in [6, 6.07) is 3.79. The quantitative estimate of drug-likeness (QED) is 0.774. The van der Waals surface area contributed by atoms with E-state index in [1.807, 2.05) is 19.1 Å². The first-order valence-corrected chi connectivity index (χ1v) is 5.54. The number of carbonyl (C=O) groups is 1. The van der Waals surface area contributed by atoms with Gasteiger partial charge in [0.05, 0.1) is 0 Å². The fourth-order valence-corrected chi connectivity index (χ4v) is 2.56. The van der Waals surface area contributed by atoms with Crippen molar-refractivity contribution in [1.82, 2.24) is 5.32 Å². The molecule has 1 aliphatic heterocycles. The molecule has 2 rings (SSSR count). The normalized spacial score (nSPS) is 20.2. The second kappa shape index (κ2) is 3.55. The van der Waals surface area contributed by atoms with E-state index in [1.54, 1.807) is 0 Å². The van der Waals surface area contributed by atoms with E-state index in [9.17, 15) is 4.79 Å². The molecule has 1 aromatic rings. The van der Waals surface area contributed by atoms with Crippen molar-refractivity contribution in [3.05, 3.63) is 32.8 Å². The molecule has 1 atom stereocenters. The van der Waals surface area contributed by atoms with Gasteiger partial charge in [-0.3, -0.25) is 4.79 Å². The van der Waals surface area contributed by atoms with Gasteiger partial charge in [-0.1, -0.05) is 27.5 Å². The maximum Gasteiger partial charge on any atom is 0.251 e. The third kappa shape index (κ3) is 1.66. The summed E-state index contributed by atoms with van der Waals surface area (Å²) in [4.78, 5) is 11.6. The summed E-state index contributed by atoms with van der Waals surface area (Å²) < 4.78 is 0.839. The lowest BCUT2D eigenvalue weighted by molar-refractivity contribution is 0.0929.